The van der Waals surface area contributed by atoms with Gasteiger partial charge < -0.3 is 10.8 Å². The topological polar surface area (TPSA) is 46.2 Å². The van der Waals surface area contributed by atoms with Crippen molar-refractivity contribution in [2.24, 2.45) is 5.73 Å². The molecule has 1 aliphatic carbocycles. The van der Waals surface area contributed by atoms with Crippen LogP contribution in [0.4, 0.5) is 0 Å². The predicted molar refractivity (Wildman–Crippen MR) is 57.2 cm³/mol. The summed E-state index contributed by atoms with van der Waals surface area (Å²) in [4.78, 5) is 0. The average Bonchev–Trinajstić information content (AvgIpc) is 2.58. The second kappa shape index (κ2) is 3.28. The number of rotatable bonds is 1. The predicted octanol–water partition coefficient (Wildman–Crippen LogP) is 2.43. The number of nitrogens with two attached hydrogens (primary N) is 1. The van der Waals surface area contributed by atoms with Gasteiger partial charge in [-0.3, -0.25) is 0 Å². The molecule has 14 heavy (non-hydrogen) atoms. The highest BCUT2D eigenvalue weighted by Crippen LogP contribution is 2.40. The van der Waals surface area contributed by atoms with E-state index < -0.39 is 0 Å². The van der Waals surface area contributed by atoms with E-state index >= 15 is 0 Å². The molecule has 0 heterocycles. The van der Waals surface area contributed by atoms with Crippen molar-refractivity contribution in [3.63, 3.8) is 0 Å². The van der Waals surface area contributed by atoms with Crippen LogP contribution in [0.25, 0.3) is 0 Å². The molecule has 1 aromatic carbocycles. The van der Waals surface area contributed by atoms with Gasteiger partial charge in [0.2, 0.25) is 0 Å². The van der Waals surface area contributed by atoms with Crippen LogP contribution in [0, 0.1) is 6.92 Å². The molecule has 3 N–H and O–H groups in total. The van der Waals surface area contributed by atoms with Crippen LogP contribution in [-0.2, 0) is 5.54 Å². The van der Waals surface area contributed by atoms with Gasteiger partial charge in [-0.2, -0.15) is 0 Å². The van der Waals surface area contributed by atoms with Crippen LogP contribution < -0.4 is 5.73 Å². The zero-order valence-corrected chi connectivity index (χ0v) is 8.59. The Hall–Kier alpha value is -1.02. The largest absolute Gasteiger partial charge is 0.508 e. The monoisotopic (exact) mass is 191 g/mol. The molecular formula is C12H17NO. The van der Waals surface area contributed by atoms with Gasteiger partial charge in [-0.25, -0.2) is 0 Å². The molecule has 0 amide bonds. The van der Waals surface area contributed by atoms with Gasteiger partial charge in [-0.1, -0.05) is 30.5 Å². The van der Waals surface area contributed by atoms with Crippen molar-refractivity contribution >= 4 is 0 Å². The van der Waals surface area contributed by atoms with Crippen LogP contribution in [0.2, 0.25) is 0 Å². The first-order valence-electron chi connectivity index (χ1n) is 5.21. The first-order valence-corrected chi connectivity index (χ1v) is 5.21. The maximum atomic E-state index is 9.78. The molecule has 0 aromatic heterocycles. The van der Waals surface area contributed by atoms with Gasteiger partial charge in [-0.15, -0.1) is 0 Å². The van der Waals surface area contributed by atoms with E-state index in [9.17, 15) is 5.11 Å². The van der Waals surface area contributed by atoms with Crippen molar-refractivity contribution in [2.75, 3.05) is 0 Å². The first-order chi connectivity index (χ1) is 6.62. The second-order valence-electron chi connectivity index (χ2n) is 4.38. The van der Waals surface area contributed by atoms with E-state index in [4.69, 9.17) is 5.73 Å². The Kier molecular flexibility index (Phi) is 2.23. The standard InChI is InChI=1S/C12H17NO/c1-9-4-5-11(14)10(8-9)12(13)6-2-3-7-12/h4-5,8,14H,2-3,6-7,13H2,1H3. The van der Waals surface area contributed by atoms with Gasteiger partial charge in [0.25, 0.3) is 0 Å². The molecule has 1 aliphatic rings. The third-order valence-corrected chi connectivity index (χ3v) is 3.18. The fraction of sp³-hybridized carbons (Fsp3) is 0.500. The van der Waals surface area contributed by atoms with Crippen molar-refractivity contribution in [1.29, 1.82) is 0 Å². The highest BCUT2D eigenvalue weighted by molar-refractivity contribution is 5.41. The Morgan fingerprint density at radius 2 is 1.93 bits per heavy atom. The summed E-state index contributed by atoms with van der Waals surface area (Å²) in [6.45, 7) is 2.03. The third-order valence-electron chi connectivity index (χ3n) is 3.18. The summed E-state index contributed by atoms with van der Waals surface area (Å²) < 4.78 is 0. The molecule has 2 heteroatoms. The number of phenolic OH excluding ortho intramolecular Hbond substituents is 1. The lowest BCUT2D eigenvalue weighted by Gasteiger charge is -2.25. The van der Waals surface area contributed by atoms with E-state index in [0.717, 1.165) is 24.0 Å². The zero-order chi connectivity index (χ0) is 10.2. The van der Waals surface area contributed by atoms with Gasteiger partial charge in [0.05, 0.1) is 0 Å². The molecular weight excluding hydrogens is 174 g/mol. The lowest BCUT2D eigenvalue weighted by Crippen LogP contribution is -2.33. The molecule has 2 nitrogen and oxygen atoms in total. The Labute approximate surface area is 84.7 Å². The summed E-state index contributed by atoms with van der Waals surface area (Å²) in [6, 6.07) is 5.68. The molecule has 76 valence electrons. The Morgan fingerprint density at radius 3 is 2.57 bits per heavy atom. The minimum atomic E-state index is -0.282. The van der Waals surface area contributed by atoms with Crippen LogP contribution in [-0.4, -0.2) is 5.11 Å². The van der Waals surface area contributed by atoms with E-state index in [2.05, 4.69) is 0 Å². The summed E-state index contributed by atoms with van der Waals surface area (Å²) in [5.74, 6) is 0.347. The van der Waals surface area contributed by atoms with Gasteiger partial charge in [0.1, 0.15) is 5.75 Å². The van der Waals surface area contributed by atoms with Gasteiger partial charge in [0.15, 0.2) is 0 Å². The van der Waals surface area contributed by atoms with Gasteiger partial charge in [-0.05, 0) is 25.8 Å². The highest BCUT2D eigenvalue weighted by atomic mass is 16.3. The number of aryl methyl sites for hydroxylation is 1. The smallest absolute Gasteiger partial charge is 0.120 e. The lowest BCUT2D eigenvalue weighted by atomic mass is 9.88. The molecule has 1 aromatic rings. The molecule has 2 rings (SSSR count). The molecule has 1 saturated carbocycles. The van der Waals surface area contributed by atoms with Crippen LogP contribution >= 0.6 is 0 Å². The number of aromatic hydroxyl groups is 1. The van der Waals surface area contributed by atoms with Gasteiger partial charge in [0, 0.05) is 11.1 Å². The maximum Gasteiger partial charge on any atom is 0.120 e. The summed E-state index contributed by atoms with van der Waals surface area (Å²) in [5, 5.41) is 9.78. The molecule has 0 radical (unpaired) electrons. The van der Waals surface area contributed by atoms with E-state index in [-0.39, 0.29) is 5.54 Å². The van der Waals surface area contributed by atoms with E-state index in [0.29, 0.717) is 5.75 Å². The number of hydrogen-bond donors (Lipinski definition) is 2. The maximum absolute atomic E-state index is 9.78. The molecule has 0 bridgehead atoms. The second-order valence-corrected chi connectivity index (χ2v) is 4.38. The summed E-state index contributed by atoms with van der Waals surface area (Å²) >= 11 is 0. The Balaban J connectivity index is 2.44. The van der Waals surface area contributed by atoms with E-state index in [1.54, 1.807) is 6.07 Å². The normalized spacial score (nSPS) is 19.9. The van der Waals surface area contributed by atoms with Crippen molar-refractivity contribution in [3.8, 4) is 5.75 Å². The van der Waals surface area contributed by atoms with Crippen molar-refractivity contribution < 1.29 is 5.11 Å². The Morgan fingerprint density at radius 1 is 1.29 bits per heavy atom. The van der Waals surface area contributed by atoms with Crippen LogP contribution in [0.5, 0.6) is 5.75 Å². The minimum absolute atomic E-state index is 0.282. The van der Waals surface area contributed by atoms with Crippen LogP contribution in [0.1, 0.15) is 36.8 Å². The van der Waals surface area contributed by atoms with Crippen LogP contribution in [0.3, 0.4) is 0 Å². The van der Waals surface area contributed by atoms with Crippen molar-refractivity contribution in [2.45, 2.75) is 38.1 Å². The van der Waals surface area contributed by atoms with Crippen molar-refractivity contribution in [3.05, 3.63) is 29.3 Å². The van der Waals surface area contributed by atoms with Crippen LogP contribution in [0.15, 0.2) is 18.2 Å². The molecule has 1 fully saturated rings. The van der Waals surface area contributed by atoms with Gasteiger partial charge >= 0.3 is 0 Å². The summed E-state index contributed by atoms with van der Waals surface area (Å²) in [7, 11) is 0. The SMILES string of the molecule is Cc1ccc(O)c(C2(N)CCCC2)c1. The molecule has 0 aliphatic heterocycles. The average molecular weight is 191 g/mol. The molecule has 0 atom stereocenters. The van der Waals surface area contributed by atoms with Crippen molar-refractivity contribution in [1.82, 2.24) is 0 Å². The quantitative estimate of drug-likeness (QED) is 0.716. The first kappa shape index (κ1) is 9.53. The Bertz CT molecular complexity index is 340. The molecule has 0 spiro atoms. The summed E-state index contributed by atoms with van der Waals surface area (Å²) in [5.41, 5.74) is 8.10. The number of hydrogen-bond acceptors (Lipinski definition) is 2. The fourth-order valence-electron chi connectivity index (χ4n) is 2.32. The summed E-state index contributed by atoms with van der Waals surface area (Å²) in [6.07, 6.45) is 4.32. The fourth-order valence-corrected chi connectivity index (χ4v) is 2.32. The third kappa shape index (κ3) is 1.50. The zero-order valence-electron chi connectivity index (χ0n) is 8.59. The van der Waals surface area contributed by atoms with E-state index in [1.165, 1.54) is 12.8 Å². The molecule has 0 saturated heterocycles. The molecule has 0 unspecified atom stereocenters. The number of phenols is 1. The minimum Gasteiger partial charge on any atom is -0.508 e. The highest BCUT2D eigenvalue weighted by Gasteiger charge is 2.33. The lowest BCUT2D eigenvalue weighted by molar-refractivity contribution is 0.409. The number of benzene rings is 1. The van der Waals surface area contributed by atoms with E-state index in [1.807, 2.05) is 19.1 Å².